The maximum absolute atomic E-state index is 13.1. The average molecular weight is 254 g/mol. The minimum absolute atomic E-state index is 0.0615. The fourth-order valence-electron chi connectivity index (χ4n) is 1.02. The van der Waals surface area contributed by atoms with Crippen molar-refractivity contribution in [3.05, 3.63) is 28.3 Å². The van der Waals surface area contributed by atoms with Crippen LogP contribution in [0.3, 0.4) is 0 Å². The normalized spacial score (nSPS) is 10.6. The Morgan fingerprint density at radius 1 is 1.62 bits per heavy atom. The van der Waals surface area contributed by atoms with E-state index in [1.54, 1.807) is 0 Å². The second-order valence-electron chi connectivity index (χ2n) is 2.85. The Bertz CT molecular complexity index is 412. The van der Waals surface area contributed by atoms with E-state index in [1.807, 2.05) is 0 Å². The van der Waals surface area contributed by atoms with Gasteiger partial charge >= 0.3 is 5.97 Å². The molecule has 16 heavy (non-hydrogen) atoms. The van der Waals surface area contributed by atoms with Crippen LogP contribution in [0.4, 0.5) is 13.2 Å². The van der Waals surface area contributed by atoms with Crippen LogP contribution in [0.1, 0.15) is 17.8 Å². The number of ether oxygens (including phenoxy) is 1. The third kappa shape index (κ3) is 2.85. The first-order chi connectivity index (χ1) is 7.45. The van der Waals surface area contributed by atoms with Gasteiger partial charge in [-0.1, -0.05) is 11.6 Å². The van der Waals surface area contributed by atoms with Crippen LogP contribution < -0.4 is 0 Å². The van der Waals surface area contributed by atoms with Crippen LogP contribution in [0.2, 0.25) is 5.02 Å². The number of aromatic nitrogens is 1. The number of esters is 1. The van der Waals surface area contributed by atoms with Gasteiger partial charge in [-0.15, -0.1) is 0 Å². The lowest BCUT2D eigenvalue weighted by atomic mass is 10.2. The van der Waals surface area contributed by atoms with Gasteiger partial charge < -0.3 is 4.74 Å². The number of carbonyl (C=O) groups excluding carboxylic acids is 1. The highest BCUT2D eigenvalue weighted by molar-refractivity contribution is 6.30. The highest BCUT2D eigenvalue weighted by atomic mass is 35.5. The van der Waals surface area contributed by atoms with E-state index in [-0.39, 0.29) is 12.1 Å². The Morgan fingerprint density at radius 2 is 2.25 bits per heavy atom. The summed E-state index contributed by atoms with van der Waals surface area (Å²) in [5.41, 5.74) is -1.13. The maximum atomic E-state index is 13.1. The van der Waals surface area contributed by atoms with Gasteiger partial charge in [-0.3, -0.25) is 4.79 Å². The van der Waals surface area contributed by atoms with Crippen LogP contribution >= 0.6 is 11.6 Å². The highest BCUT2D eigenvalue weighted by Gasteiger charge is 2.20. The molecule has 3 nitrogen and oxygen atoms in total. The summed E-state index contributed by atoms with van der Waals surface area (Å²) in [6, 6.07) is 1.01. The summed E-state index contributed by atoms with van der Waals surface area (Å²) < 4.78 is 42.0. The number of hydrogen-bond donors (Lipinski definition) is 0. The number of nitrogens with zero attached hydrogens (tertiary/aromatic N) is 1. The Balaban J connectivity index is 3.09. The molecular formula is C9H7ClF3NO2. The quantitative estimate of drug-likeness (QED) is 0.777. The van der Waals surface area contributed by atoms with Gasteiger partial charge in [0.2, 0.25) is 0 Å². The van der Waals surface area contributed by atoms with Gasteiger partial charge in [0, 0.05) is 0 Å². The molecule has 0 aromatic carbocycles. The standard InChI is InChI=1S/C9H7ClF3NO2/c1-16-6(15)3-4-2-5(10)7(11)8(14-4)9(12)13/h2,9H,3H2,1H3. The van der Waals surface area contributed by atoms with E-state index >= 15 is 0 Å². The van der Waals surface area contributed by atoms with Crippen molar-refractivity contribution in [2.24, 2.45) is 0 Å². The molecule has 0 spiro atoms. The molecule has 0 N–H and O–H groups in total. The molecule has 0 aliphatic heterocycles. The molecule has 0 saturated heterocycles. The summed E-state index contributed by atoms with van der Waals surface area (Å²) >= 11 is 5.39. The van der Waals surface area contributed by atoms with Crippen molar-refractivity contribution in [1.82, 2.24) is 4.98 Å². The van der Waals surface area contributed by atoms with Crippen molar-refractivity contribution in [2.75, 3.05) is 7.11 Å². The molecule has 0 aliphatic carbocycles. The lowest BCUT2D eigenvalue weighted by Gasteiger charge is -2.06. The summed E-state index contributed by atoms with van der Waals surface area (Å²) in [4.78, 5) is 14.2. The molecule has 0 radical (unpaired) electrons. The van der Waals surface area contributed by atoms with E-state index in [0.717, 1.165) is 13.2 Å². The van der Waals surface area contributed by atoms with Gasteiger partial charge in [0.1, 0.15) is 5.69 Å². The molecule has 0 atom stereocenters. The number of alkyl halides is 2. The van der Waals surface area contributed by atoms with Crippen LogP contribution in [0.25, 0.3) is 0 Å². The lowest BCUT2D eigenvalue weighted by Crippen LogP contribution is -2.08. The van der Waals surface area contributed by atoms with Crippen molar-refractivity contribution < 1.29 is 22.7 Å². The van der Waals surface area contributed by atoms with Crippen molar-refractivity contribution in [3.8, 4) is 0 Å². The third-order valence-electron chi connectivity index (χ3n) is 1.75. The molecule has 1 aromatic rings. The molecule has 1 aromatic heterocycles. The Labute approximate surface area is 94.2 Å². The van der Waals surface area contributed by atoms with Crippen molar-refractivity contribution >= 4 is 17.6 Å². The molecule has 1 rings (SSSR count). The van der Waals surface area contributed by atoms with Crippen LogP contribution in [-0.2, 0) is 16.0 Å². The van der Waals surface area contributed by atoms with Gasteiger partial charge in [-0.2, -0.15) is 0 Å². The van der Waals surface area contributed by atoms with E-state index in [4.69, 9.17) is 11.6 Å². The molecule has 0 aliphatic rings. The molecule has 7 heteroatoms. The topological polar surface area (TPSA) is 39.2 Å². The van der Waals surface area contributed by atoms with E-state index in [0.29, 0.717) is 0 Å². The number of carbonyl (C=O) groups is 1. The van der Waals surface area contributed by atoms with E-state index in [2.05, 4.69) is 9.72 Å². The fourth-order valence-corrected chi connectivity index (χ4v) is 1.25. The smallest absolute Gasteiger partial charge is 0.311 e. The van der Waals surface area contributed by atoms with Crippen LogP contribution in [0.5, 0.6) is 0 Å². The van der Waals surface area contributed by atoms with Crippen LogP contribution in [0, 0.1) is 5.82 Å². The van der Waals surface area contributed by atoms with Gasteiger partial charge in [0.05, 0.1) is 24.2 Å². The minimum atomic E-state index is -3.09. The summed E-state index contributed by atoms with van der Waals surface area (Å²) in [6.45, 7) is 0. The predicted molar refractivity (Wildman–Crippen MR) is 49.9 cm³/mol. The largest absolute Gasteiger partial charge is 0.469 e. The van der Waals surface area contributed by atoms with Crippen LogP contribution in [-0.4, -0.2) is 18.1 Å². The van der Waals surface area contributed by atoms with E-state index < -0.39 is 28.9 Å². The molecule has 0 fully saturated rings. The zero-order chi connectivity index (χ0) is 12.3. The maximum Gasteiger partial charge on any atom is 0.311 e. The Kier molecular flexibility index (Phi) is 4.12. The summed E-state index contributed by atoms with van der Waals surface area (Å²) in [7, 11) is 1.14. The van der Waals surface area contributed by atoms with Gasteiger partial charge in [-0.05, 0) is 6.07 Å². The zero-order valence-electron chi connectivity index (χ0n) is 8.14. The Morgan fingerprint density at radius 3 is 2.75 bits per heavy atom. The molecule has 0 amide bonds. The first kappa shape index (κ1) is 12.8. The SMILES string of the molecule is COC(=O)Cc1cc(Cl)c(F)c(C(F)F)n1. The van der Waals surface area contributed by atoms with Crippen LogP contribution in [0.15, 0.2) is 6.07 Å². The number of methoxy groups -OCH3 is 1. The first-order valence-corrected chi connectivity index (χ1v) is 4.53. The van der Waals surface area contributed by atoms with E-state index in [1.165, 1.54) is 0 Å². The third-order valence-corrected chi connectivity index (χ3v) is 2.03. The predicted octanol–water partition coefficient (Wildman–Crippen LogP) is 2.53. The average Bonchev–Trinajstić information content (AvgIpc) is 2.22. The second kappa shape index (κ2) is 5.16. The molecular weight excluding hydrogens is 247 g/mol. The summed E-state index contributed by atoms with van der Waals surface area (Å²) in [5.74, 6) is -1.94. The number of halogens is 4. The second-order valence-corrected chi connectivity index (χ2v) is 3.26. The minimum Gasteiger partial charge on any atom is -0.469 e. The van der Waals surface area contributed by atoms with Gasteiger partial charge in [-0.25, -0.2) is 18.2 Å². The molecule has 1 heterocycles. The van der Waals surface area contributed by atoms with Gasteiger partial charge in [0.15, 0.2) is 5.82 Å². The van der Waals surface area contributed by atoms with E-state index in [9.17, 15) is 18.0 Å². The summed E-state index contributed by atoms with van der Waals surface area (Å²) in [6.07, 6.45) is -3.42. The zero-order valence-corrected chi connectivity index (χ0v) is 8.89. The lowest BCUT2D eigenvalue weighted by molar-refractivity contribution is -0.139. The molecule has 0 saturated carbocycles. The molecule has 0 unspecified atom stereocenters. The number of rotatable bonds is 3. The number of hydrogen-bond acceptors (Lipinski definition) is 3. The first-order valence-electron chi connectivity index (χ1n) is 4.15. The van der Waals surface area contributed by atoms with Gasteiger partial charge in [0.25, 0.3) is 6.43 Å². The van der Waals surface area contributed by atoms with Crippen molar-refractivity contribution in [2.45, 2.75) is 12.8 Å². The highest BCUT2D eigenvalue weighted by Crippen LogP contribution is 2.26. The number of pyridine rings is 1. The fraction of sp³-hybridized carbons (Fsp3) is 0.333. The summed E-state index contributed by atoms with van der Waals surface area (Å²) in [5, 5.41) is -0.496. The molecule has 88 valence electrons. The monoisotopic (exact) mass is 253 g/mol. The van der Waals surface area contributed by atoms with Crippen molar-refractivity contribution in [1.29, 1.82) is 0 Å². The van der Waals surface area contributed by atoms with Crippen molar-refractivity contribution in [3.63, 3.8) is 0 Å². The Hall–Kier alpha value is -1.30. The molecule has 0 bridgehead atoms.